The van der Waals surface area contributed by atoms with Gasteiger partial charge in [-0.2, -0.15) is 0 Å². The van der Waals surface area contributed by atoms with Crippen LogP contribution in [-0.4, -0.2) is 19.4 Å². The maximum atomic E-state index is 12.0. The van der Waals surface area contributed by atoms with Crippen molar-refractivity contribution in [3.8, 4) is 5.75 Å². The van der Waals surface area contributed by atoms with Crippen molar-refractivity contribution in [2.75, 3.05) is 11.8 Å². The Hall–Kier alpha value is -1.66. The van der Waals surface area contributed by atoms with Crippen LogP contribution in [-0.2, 0) is 11.2 Å². The molecule has 0 saturated carbocycles. The molecule has 1 amide bonds. The molecule has 0 radical (unpaired) electrons. The highest BCUT2D eigenvalue weighted by Crippen LogP contribution is 2.27. The molecule has 17 heavy (non-hydrogen) atoms. The molecule has 1 heterocycles. The third-order valence-electron chi connectivity index (χ3n) is 2.41. The SMILES string of the molecule is O=C1CCc2cc(OC[B-](F)(F)F)ccc2N1. The van der Waals surface area contributed by atoms with E-state index in [0.29, 0.717) is 18.5 Å². The number of carbonyl (C=O) groups is 1. The Balaban J connectivity index is 2.09. The molecule has 1 aliphatic rings. The highest BCUT2D eigenvalue weighted by molar-refractivity contribution is 6.58. The van der Waals surface area contributed by atoms with E-state index in [2.05, 4.69) is 10.1 Å². The van der Waals surface area contributed by atoms with Crippen molar-refractivity contribution in [1.29, 1.82) is 0 Å². The van der Waals surface area contributed by atoms with Gasteiger partial charge in [-0.05, 0) is 30.2 Å². The molecular formula is C10H10BF3NO2-. The molecule has 1 aliphatic heterocycles. The number of ether oxygens (including phenoxy) is 1. The molecule has 1 aromatic rings. The average Bonchev–Trinajstić information content (AvgIpc) is 2.25. The first kappa shape index (κ1) is 11.8. The van der Waals surface area contributed by atoms with Crippen LogP contribution in [0.3, 0.4) is 0 Å². The summed E-state index contributed by atoms with van der Waals surface area (Å²) < 4.78 is 40.7. The zero-order valence-electron chi connectivity index (χ0n) is 8.88. The second-order valence-electron chi connectivity index (χ2n) is 3.89. The summed E-state index contributed by atoms with van der Waals surface area (Å²) in [6.07, 6.45) is 0.870. The fraction of sp³-hybridized carbons (Fsp3) is 0.300. The molecule has 0 fully saturated rings. The van der Waals surface area contributed by atoms with E-state index in [-0.39, 0.29) is 11.7 Å². The predicted molar refractivity (Wildman–Crippen MR) is 58.0 cm³/mol. The summed E-state index contributed by atoms with van der Waals surface area (Å²) in [5, 5.41) is 2.65. The number of rotatable bonds is 3. The van der Waals surface area contributed by atoms with Crippen molar-refractivity contribution in [3.63, 3.8) is 0 Å². The van der Waals surface area contributed by atoms with E-state index < -0.39 is 13.5 Å². The van der Waals surface area contributed by atoms with Gasteiger partial charge in [0.1, 0.15) is 5.75 Å². The zero-order valence-corrected chi connectivity index (χ0v) is 8.88. The molecule has 0 bridgehead atoms. The maximum absolute atomic E-state index is 12.0. The van der Waals surface area contributed by atoms with Gasteiger partial charge in [-0.25, -0.2) is 0 Å². The first-order valence-electron chi connectivity index (χ1n) is 5.20. The number of halogens is 3. The highest BCUT2D eigenvalue weighted by Gasteiger charge is 2.24. The molecule has 1 aromatic carbocycles. The van der Waals surface area contributed by atoms with E-state index in [1.165, 1.54) is 12.1 Å². The maximum Gasteiger partial charge on any atom is 0.515 e. The van der Waals surface area contributed by atoms with E-state index in [1.807, 2.05) is 0 Å². The monoisotopic (exact) mass is 244 g/mol. The van der Waals surface area contributed by atoms with Crippen molar-refractivity contribution >= 4 is 18.6 Å². The van der Waals surface area contributed by atoms with Crippen LogP contribution < -0.4 is 10.1 Å². The minimum atomic E-state index is -4.94. The van der Waals surface area contributed by atoms with Gasteiger partial charge in [-0.3, -0.25) is 4.79 Å². The summed E-state index contributed by atoms with van der Waals surface area (Å²) in [5.74, 6) is 0.101. The largest absolute Gasteiger partial charge is 0.522 e. The minimum absolute atomic E-state index is 0.0789. The van der Waals surface area contributed by atoms with Gasteiger partial charge in [0.2, 0.25) is 5.91 Å². The molecule has 1 N–H and O–H groups in total. The molecule has 0 unspecified atom stereocenters. The number of benzene rings is 1. The summed E-state index contributed by atoms with van der Waals surface area (Å²) in [6.45, 7) is -6.19. The predicted octanol–water partition coefficient (Wildman–Crippen LogP) is 2.34. The molecule has 3 nitrogen and oxygen atoms in total. The topological polar surface area (TPSA) is 38.3 Å². The van der Waals surface area contributed by atoms with Gasteiger partial charge in [0.15, 0.2) is 0 Å². The second-order valence-corrected chi connectivity index (χ2v) is 3.89. The van der Waals surface area contributed by atoms with Gasteiger partial charge in [0, 0.05) is 12.1 Å². The highest BCUT2D eigenvalue weighted by atomic mass is 19.4. The third kappa shape index (κ3) is 3.15. The summed E-state index contributed by atoms with van der Waals surface area (Å²) in [5.41, 5.74) is 1.45. The van der Waals surface area contributed by atoms with Crippen LogP contribution in [0.15, 0.2) is 18.2 Å². The van der Waals surface area contributed by atoms with Gasteiger partial charge < -0.3 is 23.0 Å². The van der Waals surface area contributed by atoms with Crippen molar-refractivity contribution in [2.24, 2.45) is 0 Å². The van der Waals surface area contributed by atoms with Gasteiger partial charge in [0.05, 0.1) is 6.51 Å². The van der Waals surface area contributed by atoms with Gasteiger partial charge >= 0.3 is 6.98 Å². The van der Waals surface area contributed by atoms with Crippen LogP contribution in [0.25, 0.3) is 0 Å². The summed E-state index contributed by atoms with van der Waals surface area (Å²) in [4.78, 5) is 11.1. The lowest BCUT2D eigenvalue weighted by Gasteiger charge is -2.19. The molecule has 0 aliphatic carbocycles. The fourth-order valence-corrected chi connectivity index (χ4v) is 1.64. The van der Waals surface area contributed by atoms with Crippen molar-refractivity contribution in [2.45, 2.75) is 12.8 Å². The first-order chi connectivity index (χ1) is 7.94. The Labute approximate surface area is 96.0 Å². The van der Waals surface area contributed by atoms with Gasteiger partial charge in [-0.15, -0.1) is 0 Å². The van der Waals surface area contributed by atoms with Crippen LogP contribution in [0.1, 0.15) is 12.0 Å². The lowest BCUT2D eigenvalue weighted by Crippen LogP contribution is -2.26. The van der Waals surface area contributed by atoms with E-state index >= 15 is 0 Å². The lowest BCUT2D eigenvalue weighted by molar-refractivity contribution is -0.116. The first-order valence-corrected chi connectivity index (χ1v) is 5.20. The molecule has 2 rings (SSSR count). The number of anilines is 1. The van der Waals surface area contributed by atoms with Crippen LogP contribution >= 0.6 is 0 Å². The number of carbonyl (C=O) groups excluding carboxylic acids is 1. The third-order valence-corrected chi connectivity index (χ3v) is 2.41. The van der Waals surface area contributed by atoms with Crippen LogP contribution in [0.4, 0.5) is 18.6 Å². The molecule has 0 aromatic heterocycles. The quantitative estimate of drug-likeness (QED) is 0.828. The van der Waals surface area contributed by atoms with Crippen molar-refractivity contribution in [3.05, 3.63) is 23.8 Å². The Bertz CT molecular complexity index is 448. The summed E-state index contributed by atoms with van der Waals surface area (Å²) in [7, 11) is 0. The zero-order chi connectivity index (χ0) is 12.5. The Morgan fingerprint density at radius 2 is 2.06 bits per heavy atom. The smallest absolute Gasteiger partial charge is 0.515 e. The van der Waals surface area contributed by atoms with E-state index in [4.69, 9.17) is 0 Å². The van der Waals surface area contributed by atoms with Crippen LogP contribution in [0.2, 0.25) is 0 Å². The van der Waals surface area contributed by atoms with E-state index in [1.54, 1.807) is 6.07 Å². The van der Waals surface area contributed by atoms with Crippen molar-refractivity contribution in [1.82, 2.24) is 0 Å². The Kier molecular flexibility index (Phi) is 3.00. The number of amides is 1. The number of hydrogen-bond donors (Lipinski definition) is 1. The van der Waals surface area contributed by atoms with Crippen LogP contribution in [0, 0.1) is 0 Å². The normalized spacial score (nSPS) is 15.1. The second kappa shape index (κ2) is 4.31. The molecule has 0 spiro atoms. The van der Waals surface area contributed by atoms with E-state index in [0.717, 1.165) is 5.56 Å². The number of hydrogen-bond acceptors (Lipinski definition) is 2. The molecule has 0 saturated heterocycles. The van der Waals surface area contributed by atoms with Crippen LogP contribution in [0.5, 0.6) is 5.75 Å². The summed E-state index contributed by atoms with van der Waals surface area (Å²) >= 11 is 0. The summed E-state index contributed by atoms with van der Waals surface area (Å²) in [6, 6.07) is 4.52. The van der Waals surface area contributed by atoms with Gasteiger partial charge in [-0.1, -0.05) is 0 Å². The molecule has 7 heteroatoms. The number of aryl methyl sites for hydroxylation is 1. The van der Waals surface area contributed by atoms with Gasteiger partial charge in [0.25, 0.3) is 0 Å². The standard InChI is InChI=1S/C10H10BF3NO2/c12-11(13,14)6-17-8-2-3-9-7(5-8)1-4-10(16)15-9/h2-3,5H,1,4,6H2,(H,15,16)/q-1. The average molecular weight is 244 g/mol. The molecule has 0 atom stereocenters. The molecule has 92 valence electrons. The number of fused-ring (bicyclic) bond motifs is 1. The minimum Gasteiger partial charge on any atom is -0.522 e. The fourth-order valence-electron chi connectivity index (χ4n) is 1.64. The van der Waals surface area contributed by atoms with Crippen molar-refractivity contribution < 1.29 is 22.5 Å². The Morgan fingerprint density at radius 1 is 1.29 bits per heavy atom. The van der Waals surface area contributed by atoms with E-state index in [9.17, 15) is 17.7 Å². The lowest BCUT2D eigenvalue weighted by atomic mass is 9.95. The Morgan fingerprint density at radius 3 is 2.76 bits per heavy atom. The molecular weight excluding hydrogens is 234 g/mol. The number of nitrogens with one attached hydrogen (secondary N) is 1.